The van der Waals surface area contributed by atoms with Gasteiger partial charge in [0.05, 0.1) is 6.54 Å². The number of sulfonamides is 1. The van der Waals surface area contributed by atoms with Crippen molar-refractivity contribution in [3.8, 4) is 0 Å². The Morgan fingerprint density at radius 1 is 1.21 bits per heavy atom. The maximum absolute atomic E-state index is 11.4. The highest BCUT2D eigenvalue weighted by Crippen LogP contribution is 2.13. The molecule has 110 valence electrons. The third-order valence-corrected chi connectivity index (χ3v) is 4.02. The first-order valence-electron chi connectivity index (χ1n) is 6.44. The van der Waals surface area contributed by atoms with Gasteiger partial charge in [0.2, 0.25) is 5.09 Å². The van der Waals surface area contributed by atoms with E-state index in [1.165, 1.54) is 13.1 Å². The van der Waals surface area contributed by atoms with Crippen LogP contribution in [0.4, 0.5) is 0 Å². The van der Waals surface area contributed by atoms with Crippen molar-refractivity contribution < 1.29 is 17.9 Å². The van der Waals surface area contributed by atoms with E-state index in [0.717, 1.165) is 32.2 Å². The number of aliphatic hydroxyl groups excluding tert-OH is 1. The summed E-state index contributed by atoms with van der Waals surface area (Å²) in [5, 5.41) is 11.8. The van der Waals surface area contributed by atoms with Crippen molar-refractivity contribution in [2.75, 3.05) is 20.2 Å². The van der Waals surface area contributed by atoms with Gasteiger partial charge in [0.1, 0.15) is 5.76 Å². The minimum absolute atomic E-state index is 0.0604. The lowest BCUT2D eigenvalue weighted by molar-refractivity contribution is 0.282. The SMILES string of the molecule is CNS(=O)(=O)c1ccc(CNCCCCCCO)o1. The third-order valence-electron chi connectivity index (χ3n) is 2.73. The summed E-state index contributed by atoms with van der Waals surface area (Å²) in [5.41, 5.74) is 0. The Kier molecular flexibility index (Phi) is 7.07. The maximum atomic E-state index is 11.4. The van der Waals surface area contributed by atoms with Crippen LogP contribution in [0.1, 0.15) is 31.4 Å². The van der Waals surface area contributed by atoms with Crippen molar-refractivity contribution in [2.45, 2.75) is 37.3 Å². The Labute approximate surface area is 114 Å². The van der Waals surface area contributed by atoms with Gasteiger partial charge in [0.15, 0.2) is 0 Å². The zero-order valence-corrected chi connectivity index (χ0v) is 12.0. The van der Waals surface area contributed by atoms with Crippen LogP contribution in [0, 0.1) is 0 Å². The second-order valence-corrected chi connectivity index (χ2v) is 6.06. The molecule has 7 heteroatoms. The number of furan rings is 1. The highest BCUT2D eigenvalue weighted by atomic mass is 32.2. The van der Waals surface area contributed by atoms with Crippen molar-refractivity contribution in [3.05, 3.63) is 17.9 Å². The fourth-order valence-corrected chi connectivity index (χ4v) is 2.29. The molecule has 0 amide bonds. The summed E-state index contributed by atoms with van der Waals surface area (Å²) in [7, 11) is -2.14. The topological polar surface area (TPSA) is 91.6 Å². The lowest BCUT2D eigenvalue weighted by atomic mass is 10.2. The lowest BCUT2D eigenvalue weighted by Gasteiger charge is -2.02. The summed E-state index contributed by atoms with van der Waals surface area (Å²) < 4.78 is 30.3. The Morgan fingerprint density at radius 2 is 1.95 bits per heavy atom. The van der Waals surface area contributed by atoms with Gasteiger partial charge in [-0.25, -0.2) is 13.1 Å². The van der Waals surface area contributed by atoms with E-state index >= 15 is 0 Å². The molecular formula is C12H22N2O4S. The largest absolute Gasteiger partial charge is 0.447 e. The van der Waals surface area contributed by atoms with Crippen LogP contribution in [0.15, 0.2) is 21.6 Å². The molecule has 0 spiro atoms. The van der Waals surface area contributed by atoms with Gasteiger partial charge >= 0.3 is 0 Å². The van der Waals surface area contributed by atoms with Crippen molar-refractivity contribution in [2.24, 2.45) is 0 Å². The van der Waals surface area contributed by atoms with Crippen molar-refractivity contribution >= 4 is 10.0 Å². The van der Waals surface area contributed by atoms with E-state index in [1.54, 1.807) is 6.07 Å². The number of aliphatic hydroxyl groups is 1. The molecule has 1 heterocycles. The summed E-state index contributed by atoms with van der Waals surface area (Å²) >= 11 is 0. The van der Waals surface area contributed by atoms with Gasteiger partial charge < -0.3 is 14.8 Å². The van der Waals surface area contributed by atoms with Crippen LogP contribution in [0.5, 0.6) is 0 Å². The van der Waals surface area contributed by atoms with Crippen LogP contribution >= 0.6 is 0 Å². The summed E-state index contributed by atoms with van der Waals surface area (Å²) in [4.78, 5) is 0. The van der Waals surface area contributed by atoms with Crippen LogP contribution in [0.25, 0.3) is 0 Å². The highest BCUT2D eigenvalue weighted by molar-refractivity contribution is 7.89. The second kappa shape index (κ2) is 8.31. The maximum Gasteiger partial charge on any atom is 0.273 e. The molecule has 0 unspecified atom stereocenters. The van der Waals surface area contributed by atoms with Gasteiger partial charge in [0, 0.05) is 6.61 Å². The summed E-state index contributed by atoms with van der Waals surface area (Å²) in [5.74, 6) is 0.601. The van der Waals surface area contributed by atoms with Crippen LogP contribution in [-0.4, -0.2) is 33.7 Å². The number of nitrogens with one attached hydrogen (secondary N) is 2. The minimum Gasteiger partial charge on any atom is -0.447 e. The summed E-state index contributed by atoms with van der Waals surface area (Å²) in [6.07, 6.45) is 3.99. The van der Waals surface area contributed by atoms with Crippen LogP contribution in [-0.2, 0) is 16.6 Å². The van der Waals surface area contributed by atoms with Gasteiger partial charge in [-0.3, -0.25) is 0 Å². The average Bonchev–Trinajstić information content (AvgIpc) is 2.87. The minimum atomic E-state index is -3.49. The van der Waals surface area contributed by atoms with Gasteiger partial charge in [-0.15, -0.1) is 0 Å². The second-order valence-electron chi connectivity index (χ2n) is 4.24. The van der Waals surface area contributed by atoms with Crippen molar-refractivity contribution in [3.63, 3.8) is 0 Å². The van der Waals surface area contributed by atoms with Crippen LogP contribution in [0.2, 0.25) is 0 Å². The number of unbranched alkanes of at least 4 members (excludes halogenated alkanes) is 3. The van der Waals surface area contributed by atoms with Gasteiger partial charge in [-0.05, 0) is 38.6 Å². The molecule has 0 aliphatic rings. The molecule has 19 heavy (non-hydrogen) atoms. The predicted molar refractivity (Wildman–Crippen MR) is 72.2 cm³/mol. The molecular weight excluding hydrogens is 268 g/mol. The van der Waals surface area contributed by atoms with E-state index in [-0.39, 0.29) is 11.7 Å². The number of rotatable bonds is 10. The van der Waals surface area contributed by atoms with Crippen molar-refractivity contribution in [1.82, 2.24) is 10.0 Å². The molecule has 1 aromatic heterocycles. The smallest absolute Gasteiger partial charge is 0.273 e. The lowest BCUT2D eigenvalue weighted by Crippen LogP contribution is -2.18. The van der Waals surface area contributed by atoms with E-state index in [1.807, 2.05) is 0 Å². The van der Waals surface area contributed by atoms with E-state index < -0.39 is 10.0 Å². The Hall–Kier alpha value is -0.890. The Balaban J connectivity index is 2.24. The molecule has 1 aromatic rings. The van der Waals surface area contributed by atoms with Crippen LogP contribution < -0.4 is 10.0 Å². The molecule has 0 radical (unpaired) electrons. The molecule has 0 aromatic carbocycles. The van der Waals surface area contributed by atoms with Crippen LogP contribution in [0.3, 0.4) is 0 Å². The zero-order chi connectivity index (χ0) is 14.1. The molecule has 0 aliphatic heterocycles. The third kappa shape index (κ3) is 5.73. The fourth-order valence-electron chi connectivity index (χ4n) is 1.63. The van der Waals surface area contributed by atoms with Gasteiger partial charge in [0.25, 0.3) is 10.0 Å². The molecule has 0 atom stereocenters. The molecule has 6 nitrogen and oxygen atoms in total. The quantitative estimate of drug-likeness (QED) is 0.555. The highest BCUT2D eigenvalue weighted by Gasteiger charge is 2.15. The first-order valence-corrected chi connectivity index (χ1v) is 7.92. The van der Waals surface area contributed by atoms with E-state index in [0.29, 0.717) is 12.3 Å². The van der Waals surface area contributed by atoms with Gasteiger partial charge in [-0.1, -0.05) is 12.8 Å². The zero-order valence-electron chi connectivity index (χ0n) is 11.2. The Bertz CT molecular complexity index is 456. The molecule has 0 saturated heterocycles. The Morgan fingerprint density at radius 3 is 2.63 bits per heavy atom. The molecule has 1 rings (SSSR count). The molecule has 0 saturated carbocycles. The summed E-state index contributed by atoms with van der Waals surface area (Å²) in [6.45, 7) is 1.61. The monoisotopic (exact) mass is 290 g/mol. The number of hydrogen-bond acceptors (Lipinski definition) is 5. The molecule has 0 aliphatic carbocycles. The van der Waals surface area contributed by atoms with E-state index in [2.05, 4.69) is 10.0 Å². The van der Waals surface area contributed by atoms with Gasteiger partial charge in [-0.2, -0.15) is 0 Å². The fraction of sp³-hybridized carbons (Fsp3) is 0.667. The first kappa shape index (κ1) is 16.2. The first-order chi connectivity index (χ1) is 9.10. The predicted octanol–water partition coefficient (Wildman–Crippen LogP) is 0.830. The number of hydrogen-bond donors (Lipinski definition) is 3. The molecule has 3 N–H and O–H groups in total. The summed E-state index contributed by atoms with van der Waals surface area (Å²) in [6, 6.07) is 3.10. The molecule has 0 bridgehead atoms. The van der Waals surface area contributed by atoms with E-state index in [4.69, 9.17) is 9.52 Å². The normalized spacial score (nSPS) is 11.9. The molecule has 0 fully saturated rings. The van der Waals surface area contributed by atoms with Crippen molar-refractivity contribution in [1.29, 1.82) is 0 Å². The van der Waals surface area contributed by atoms with E-state index in [9.17, 15) is 8.42 Å². The standard InChI is InChI=1S/C12H22N2O4S/c1-13-19(16,17)12-7-6-11(18-12)10-14-8-4-2-3-5-9-15/h6-7,13-15H,2-5,8-10H2,1H3. The average molecular weight is 290 g/mol.